The normalized spacial score (nSPS) is 13.6. The van der Waals surface area contributed by atoms with E-state index >= 15 is 0 Å². The fourth-order valence-corrected chi connectivity index (χ4v) is 2.70. The Labute approximate surface area is 157 Å². The number of aryl methyl sites for hydroxylation is 2. The van der Waals surface area contributed by atoms with Crippen molar-refractivity contribution in [3.63, 3.8) is 0 Å². The summed E-state index contributed by atoms with van der Waals surface area (Å²) < 4.78 is 57.3. The maximum atomic E-state index is 13.4. The second-order valence-corrected chi connectivity index (χ2v) is 6.15. The van der Waals surface area contributed by atoms with E-state index in [0.29, 0.717) is 0 Å². The van der Waals surface area contributed by atoms with Crippen LogP contribution >= 0.6 is 0 Å². The molecular formula is C19H17F4NO4. The predicted octanol–water partition coefficient (Wildman–Crippen LogP) is 3.62. The zero-order valence-corrected chi connectivity index (χ0v) is 15.1. The number of carbonyl (C=O) groups excluding carboxylic acids is 2. The summed E-state index contributed by atoms with van der Waals surface area (Å²) in [6, 6.07) is 6.58. The number of aliphatic hydroxyl groups is 1. The molecule has 0 fully saturated rings. The van der Waals surface area contributed by atoms with Gasteiger partial charge in [-0.1, -0.05) is 12.1 Å². The molecule has 28 heavy (non-hydrogen) atoms. The van der Waals surface area contributed by atoms with Crippen LogP contribution in [0.2, 0.25) is 0 Å². The van der Waals surface area contributed by atoms with Gasteiger partial charge in [0.2, 0.25) is 0 Å². The first-order chi connectivity index (χ1) is 12.9. The first-order valence-corrected chi connectivity index (χ1v) is 7.98. The monoisotopic (exact) mass is 399 g/mol. The molecule has 0 heterocycles. The van der Waals surface area contributed by atoms with Crippen molar-refractivity contribution in [3.05, 3.63) is 64.5 Å². The van der Waals surface area contributed by atoms with E-state index in [4.69, 9.17) is 0 Å². The predicted molar refractivity (Wildman–Crippen MR) is 92.2 cm³/mol. The average Bonchev–Trinajstić information content (AvgIpc) is 2.62. The topological polar surface area (TPSA) is 75.6 Å². The Morgan fingerprint density at radius 3 is 1.96 bits per heavy atom. The molecule has 0 spiro atoms. The zero-order valence-electron chi connectivity index (χ0n) is 15.1. The summed E-state index contributed by atoms with van der Waals surface area (Å²) in [7, 11) is 0.732. The summed E-state index contributed by atoms with van der Waals surface area (Å²) in [5.74, 6) is -3.00. The van der Waals surface area contributed by atoms with E-state index in [1.54, 1.807) is 0 Å². The van der Waals surface area contributed by atoms with Crippen LogP contribution in [0.5, 0.6) is 0 Å². The van der Waals surface area contributed by atoms with Gasteiger partial charge in [0.05, 0.1) is 7.11 Å². The van der Waals surface area contributed by atoms with Crippen molar-refractivity contribution >= 4 is 17.6 Å². The largest absolute Gasteiger partial charge is 0.466 e. The zero-order chi connectivity index (χ0) is 21.3. The van der Waals surface area contributed by atoms with Gasteiger partial charge in [-0.2, -0.15) is 13.2 Å². The van der Waals surface area contributed by atoms with Crippen LogP contribution in [0.3, 0.4) is 0 Å². The van der Waals surface area contributed by atoms with E-state index < -0.39 is 35.0 Å². The molecule has 1 amide bonds. The lowest BCUT2D eigenvalue weighted by Gasteiger charge is -2.29. The molecule has 0 saturated heterocycles. The molecule has 9 heteroatoms. The quantitative estimate of drug-likeness (QED) is 0.608. The lowest BCUT2D eigenvalue weighted by molar-refractivity contribution is -0.266. The second-order valence-electron chi connectivity index (χ2n) is 6.15. The fraction of sp³-hybridized carbons (Fsp3) is 0.263. The van der Waals surface area contributed by atoms with Gasteiger partial charge in [-0.05, 0) is 49.2 Å². The fourth-order valence-electron chi connectivity index (χ4n) is 2.70. The molecule has 5 nitrogen and oxygen atoms in total. The summed E-state index contributed by atoms with van der Waals surface area (Å²) in [5, 5.41) is 12.6. The van der Waals surface area contributed by atoms with Crippen LogP contribution in [0.15, 0.2) is 36.4 Å². The van der Waals surface area contributed by atoms with Crippen molar-refractivity contribution in [1.29, 1.82) is 0 Å². The van der Waals surface area contributed by atoms with Gasteiger partial charge in [0.15, 0.2) is 0 Å². The van der Waals surface area contributed by atoms with Gasteiger partial charge in [0.25, 0.3) is 11.5 Å². The van der Waals surface area contributed by atoms with Crippen LogP contribution in [0.1, 0.15) is 27.0 Å². The molecule has 0 unspecified atom stereocenters. The number of esters is 1. The first kappa shape index (κ1) is 21.4. The molecule has 2 aromatic carbocycles. The van der Waals surface area contributed by atoms with Crippen LogP contribution in [0, 0.1) is 19.7 Å². The number of nitrogens with one attached hydrogen (secondary N) is 1. The van der Waals surface area contributed by atoms with Crippen molar-refractivity contribution in [2.24, 2.45) is 0 Å². The van der Waals surface area contributed by atoms with Crippen molar-refractivity contribution in [3.8, 4) is 0 Å². The van der Waals surface area contributed by atoms with Gasteiger partial charge in [-0.3, -0.25) is 4.79 Å². The molecule has 1 atom stereocenters. The van der Waals surface area contributed by atoms with Gasteiger partial charge in [-0.15, -0.1) is 0 Å². The van der Waals surface area contributed by atoms with E-state index in [9.17, 15) is 32.3 Å². The van der Waals surface area contributed by atoms with Gasteiger partial charge in [0.1, 0.15) is 5.82 Å². The van der Waals surface area contributed by atoms with Gasteiger partial charge in [0, 0.05) is 16.8 Å². The number of methoxy groups -OCH3 is 1. The number of alkyl halides is 3. The van der Waals surface area contributed by atoms with Crippen molar-refractivity contribution in [2.45, 2.75) is 25.6 Å². The summed E-state index contributed by atoms with van der Waals surface area (Å²) >= 11 is 0. The van der Waals surface area contributed by atoms with Crippen LogP contribution in [-0.4, -0.2) is 30.3 Å². The van der Waals surface area contributed by atoms with E-state index in [0.717, 1.165) is 31.4 Å². The van der Waals surface area contributed by atoms with Crippen molar-refractivity contribution < 1.29 is 37.0 Å². The summed E-state index contributed by atoms with van der Waals surface area (Å²) in [6.07, 6.45) is -5.32. The number of anilines is 1. The third-order valence-corrected chi connectivity index (χ3v) is 4.19. The van der Waals surface area contributed by atoms with E-state index in [-0.39, 0.29) is 22.4 Å². The second kappa shape index (κ2) is 7.59. The summed E-state index contributed by atoms with van der Waals surface area (Å²) in [5.41, 5.74) is -3.88. The highest BCUT2D eigenvalue weighted by molar-refractivity contribution is 6.05. The smallest absolute Gasteiger partial charge is 0.432 e. The Morgan fingerprint density at radius 2 is 1.54 bits per heavy atom. The van der Waals surface area contributed by atoms with Crippen LogP contribution in [-0.2, 0) is 15.1 Å². The molecule has 0 bridgehead atoms. The Bertz CT molecular complexity index is 886. The molecule has 0 aromatic heterocycles. The number of benzene rings is 2. The van der Waals surface area contributed by atoms with E-state index in [2.05, 4.69) is 10.1 Å². The third-order valence-electron chi connectivity index (χ3n) is 4.19. The number of carbonyl (C=O) groups is 2. The minimum Gasteiger partial charge on any atom is -0.466 e. The number of ether oxygens (including phenoxy) is 1. The van der Waals surface area contributed by atoms with E-state index in [1.165, 1.54) is 26.0 Å². The van der Waals surface area contributed by atoms with Crippen LogP contribution in [0.4, 0.5) is 23.2 Å². The minimum absolute atomic E-state index is 0.144. The lowest BCUT2D eigenvalue weighted by Crippen LogP contribution is -2.50. The van der Waals surface area contributed by atoms with Crippen LogP contribution < -0.4 is 5.32 Å². The Hall–Kier alpha value is -2.94. The van der Waals surface area contributed by atoms with Crippen molar-refractivity contribution in [1.82, 2.24) is 0 Å². The lowest BCUT2D eigenvalue weighted by atomic mass is 9.89. The first-order valence-electron chi connectivity index (χ1n) is 7.98. The summed E-state index contributed by atoms with van der Waals surface area (Å²) in [4.78, 5) is 24.0. The molecule has 150 valence electrons. The molecular weight excluding hydrogens is 382 g/mol. The maximum absolute atomic E-state index is 13.4. The molecule has 0 aliphatic rings. The van der Waals surface area contributed by atoms with Gasteiger partial charge in [-0.25, -0.2) is 9.18 Å². The van der Waals surface area contributed by atoms with E-state index in [1.807, 2.05) is 0 Å². The van der Waals surface area contributed by atoms with Crippen molar-refractivity contribution in [2.75, 3.05) is 12.4 Å². The minimum atomic E-state index is -5.32. The Morgan fingerprint density at radius 1 is 1.04 bits per heavy atom. The number of halogens is 4. The Kier molecular flexibility index (Phi) is 5.79. The molecule has 0 radical (unpaired) electrons. The number of amides is 1. The molecule has 2 rings (SSSR count). The highest BCUT2D eigenvalue weighted by Crippen LogP contribution is 2.41. The standard InChI is InChI=1S/C19H17F4NO4/c1-10-8-13(18(27,17(26)28-3)19(21,22)23)9-11(2)15(10)24-16(25)12-4-6-14(20)7-5-12/h4-9,27H,1-3H3,(H,24,25)/t18-/m0/s1. The number of hydrogen-bond donors (Lipinski definition) is 2. The number of rotatable bonds is 4. The average molecular weight is 399 g/mol. The molecule has 0 aliphatic carbocycles. The molecule has 2 aromatic rings. The van der Waals surface area contributed by atoms with Gasteiger partial charge < -0.3 is 15.2 Å². The van der Waals surface area contributed by atoms with Gasteiger partial charge >= 0.3 is 12.1 Å². The highest BCUT2D eigenvalue weighted by atomic mass is 19.4. The third kappa shape index (κ3) is 3.84. The SMILES string of the molecule is COC(=O)[C@@](O)(c1cc(C)c(NC(=O)c2ccc(F)cc2)c(C)c1)C(F)(F)F. The molecule has 0 saturated carbocycles. The summed E-state index contributed by atoms with van der Waals surface area (Å²) in [6.45, 7) is 2.82. The Balaban J connectivity index is 2.45. The number of hydrogen-bond acceptors (Lipinski definition) is 4. The molecule has 0 aliphatic heterocycles. The molecule has 2 N–H and O–H groups in total. The highest BCUT2D eigenvalue weighted by Gasteiger charge is 2.62. The van der Waals surface area contributed by atoms with Crippen LogP contribution in [0.25, 0.3) is 0 Å². The maximum Gasteiger partial charge on any atom is 0.432 e.